The number of nitrogens with zero attached hydrogens (tertiary/aromatic N) is 2. The molecule has 1 saturated heterocycles. The lowest BCUT2D eigenvalue weighted by Gasteiger charge is -2.16. The van der Waals surface area contributed by atoms with Crippen LogP contribution in [0.15, 0.2) is 18.2 Å². The number of benzene rings is 1. The van der Waals surface area contributed by atoms with Crippen molar-refractivity contribution in [2.75, 3.05) is 23.7 Å². The van der Waals surface area contributed by atoms with Gasteiger partial charge in [0.25, 0.3) is 0 Å². The van der Waals surface area contributed by atoms with Crippen LogP contribution >= 0.6 is 0 Å². The van der Waals surface area contributed by atoms with Crippen molar-refractivity contribution in [3.05, 3.63) is 18.2 Å². The molecule has 0 unspecified atom stereocenters. The van der Waals surface area contributed by atoms with Gasteiger partial charge in [-0.3, -0.25) is 0 Å². The summed E-state index contributed by atoms with van der Waals surface area (Å²) < 4.78 is 0. The van der Waals surface area contributed by atoms with Gasteiger partial charge in [0, 0.05) is 18.8 Å². The van der Waals surface area contributed by atoms with Crippen molar-refractivity contribution in [2.24, 2.45) is 0 Å². The van der Waals surface area contributed by atoms with E-state index in [2.05, 4.69) is 27.0 Å². The summed E-state index contributed by atoms with van der Waals surface area (Å²) in [6.07, 6.45) is 2.59. The third-order valence-corrected chi connectivity index (χ3v) is 2.95. The standard InChI is InChI=1S/C11H14N4/c12-11-13-9-4-3-8(7-10(9)14-11)15-5-1-2-6-15/h3-4,7H,1-2,5-6H2,(H3,12,13,14). The second-order valence-electron chi connectivity index (χ2n) is 4.02. The fourth-order valence-corrected chi connectivity index (χ4v) is 2.19. The molecule has 0 radical (unpaired) electrons. The van der Waals surface area contributed by atoms with E-state index >= 15 is 0 Å². The van der Waals surface area contributed by atoms with E-state index in [1.807, 2.05) is 6.07 Å². The van der Waals surface area contributed by atoms with Crippen molar-refractivity contribution >= 4 is 22.7 Å². The molecule has 1 fully saturated rings. The highest BCUT2D eigenvalue weighted by Gasteiger charge is 2.12. The molecule has 0 bridgehead atoms. The maximum atomic E-state index is 5.61. The van der Waals surface area contributed by atoms with Gasteiger partial charge in [-0.2, -0.15) is 0 Å². The summed E-state index contributed by atoms with van der Waals surface area (Å²) in [5, 5.41) is 0. The summed E-state index contributed by atoms with van der Waals surface area (Å²) in [6, 6.07) is 6.27. The number of H-pyrrole nitrogens is 1. The maximum Gasteiger partial charge on any atom is 0.198 e. The summed E-state index contributed by atoms with van der Waals surface area (Å²) in [6.45, 7) is 2.32. The number of fused-ring (bicyclic) bond motifs is 1. The molecule has 1 aliphatic heterocycles. The molecule has 4 heteroatoms. The minimum atomic E-state index is 0.489. The molecule has 3 N–H and O–H groups in total. The van der Waals surface area contributed by atoms with E-state index in [1.54, 1.807) is 0 Å². The number of nitrogens with one attached hydrogen (secondary N) is 1. The number of aromatic amines is 1. The second kappa shape index (κ2) is 3.15. The van der Waals surface area contributed by atoms with Gasteiger partial charge in [0.15, 0.2) is 5.95 Å². The number of anilines is 2. The van der Waals surface area contributed by atoms with Crippen LogP contribution in [-0.4, -0.2) is 23.1 Å². The number of nitrogen functional groups attached to an aromatic ring is 1. The Labute approximate surface area is 88.1 Å². The minimum Gasteiger partial charge on any atom is -0.371 e. The molecule has 1 aromatic heterocycles. The SMILES string of the molecule is Nc1nc2ccc(N3CCCC3)cc2[nH]1. The summed E-state index contributed by atoms with van der Waals surface area (Å²) in [4.78, 5) is 9.65. The molecule has 4 nitrogen and oxygen atoms in total. The van der Waals surface area contributed by atoms with Crippen molar-refractivity contribution in [1.29, 1.82) is 0 Å². The van der Waals surface area contributed by atoms with Crippen LogP contribution in [0, 0.1) is 0 Å². The van der Waals surface area contributed by atoms with E-state index in [9.17, 15) is 0 Å². The monoisotopic (exact) mass is 202 g/mol. The Balaban J connectivity index is 2.04. The van der Waals surface area contributed by atoms with Gasteiger partial charge in [-0.1, -0.05) is 0 Å². The van der Waals surface area contributed by atoms with Crippen molar-refractivity contribution in [3.63, 3.8) is 0 Å². The van der Waals surface area contributed by atoms with E-state index in [0.717, 1.165) is 24.1 Å². The highest BCUT2D eigenvalue weighted by molar-refractivity contribution is 5.81. The van der Waals surface area contributed by atoms with Gasteiger partial charge >= 0.3 is 0 Å². The lowest BCUT2D eigenvalue weighted by atomic mass is 10.2. The molecule has 78 valence electrons. The Morgan fingerprint density at radius 2 is 2.07 bits per heavy atom. The van der Waals surface area contributed by atoms with E-state index < -0.39 is 0 Å². The smallest absolute Gasteiger partial charge is 0.198 e. The average molecular weight is 202 g/mol. The summed E-state index contributed by atoms with van der Waals surface area (Å²) >= 11 is 0. The molecule has 0 saturated carbocycles. The maximum absolute atomic E-state index is 5.61. The first kappa shape index (κ1) is 8.59. The Bertz CT molecular complexity index is 482. The molecular weight excluding hydrogens is 188 g/mol. The van der Waals surface area contributed by atoms with Crippen LogP contribution in [0.4, 0.5) is 11.6 Å². The Morgan fingerprint density at radius 3 is 2.87 bits per heavy atom. The number of imidazole rings is 1. The Hall–Kier alpha value is -1.71. The predicted octanol–water partition coefficient (Wildman–Crippen LogP) is 1.75. The third kappa shape index (κ3) is 1.42. The fourth-order valence-electron chi connectivity index (χ4n) is 2.19. The Kier molecular flexibility index (Phi) is 1.80. The van der Waals surface area contributed by atoms with Crippen molar-refractivity contribution in [2.45, 2.75) is 12.8 Å². The van der Waals surface area contributed by atoms with Gasteiger partial charge in [0.05, 0.1) is 11.0 Å². The van der Waals surface area contributed by atoms with Gasteiger partial charge in [0.2, 0.25) is 0 Å². The third-order valence-electron chi connectivity index (χ3n) is 2.95. The zero-order valence-electron chi connectivity index (χ0n) is 8.53. The van der Waals surface area contributed by atoms with Crippen LogP contribution in [0.2, 0.25) is 0 Å². The van der Waals surface area contributed by atoms with Crippen molar-refractivity contribution < 1.29 is 0 Å². The van der Waals surface area contributed by atoms with E-state index in [1.165, 1.54) is 18.5 Å². The van der Waals surface area contributed by atoms with Gasteiger partial charge in [-0.15, -0.1) is 0 Å². The molecule has 0 spiro atoms. The molecule has 2 heterocycles. The highest BCUT2D eigenvalue weighted by atomic mass is 15.1. The first-order valence-electron chi connectivity index (χ1n) is 5.33. The molecule has 3 rings (SSSR count). The molecule has 0 aliphatic carbocycles. The predicted molar refractivity (Wildman–Crippen MR) is 62.0 cm³/mol. The second-order valence-corrected chi connectivity index (χ2v) is 4.02. The van der Waals surface area contributed by atoms with Crippen LogP contribution < -0.4 is 10.6 Å². The molecule has 15 heavy (non-hydrogen) atoms. The number of hydrogen-bond acceptors (Lipinski definition) is 3. The number of nitrogens with two attached hydrogens (primary N) is 1. The molecule has 1 aliphatic rings. The highest BCUT2D eigenvalue weighted by Crippen LogP contribution is 2.24. The molecule has 0 atom stereocenters. The van der Waals surface area contributed by atoms with Crippen LogP contribution in [0.25, 0.3) is 11.0 Å². The molecular formula is C11H14N4. The lowest BCUT2D eigenvalue weighted by Crippen LogP contribution is -2.17. The average Bonchev–Trinajstić information content (AvgIpc) is 2.82. The quantitative estimate of drug-likeness (QED) is 0.740. The number of aromatic nitrogens is 2. The lowest BCUT2D eigenvalue weighted by molar-refractivity contribution is 0.949. The fraction of sp³-hybridized carbons (Fsp3) is 0.364. The topological polar surface area (TPSA) is 57.9 Å². The van der Waals surface area contributed by atoms with Crippen LogP contribution in [0.3, 0.4) is 0 Å². The Morgan fingerprint density at radius 1 is 1.27 bits per heavy atom. The van der Waals surface area contributed by atoms with Crippen molar-refractivity contribution in [3.8, 4) is 0 Å². The van der Waals surface area contributed by atoms with E-state index in [-0.39, 0.29) is 0 Å². The van der Waals surface area contributed by atoms with Gasteiger partial charge in [0.1, 0.15) is 0 Å². The zero-order valence-corrected chi connectivity index (χ0v) is 8.53. The molecule has 0 amide bonds. The largest absolute Gasteiger partial charge is 0.371 e. The molecule has 1 aromatic carbocycles. The van der Waals surface area contributed by atoms with Crippen LogP contribution in [-0.2, 0) is 0 Å². The van der Waals surface area contributed by atoms with E-state index in [0.29, 0.717) is 5.95 Å². The van der Waals surface area contributed by atoms with Crippen LogP contribution in [0.5, 0.6) is 0 Å². The van der Waals surface area contributed by atoms with Gasteiger partial charge in [-0.25, -0.2) is 4.98 Å². The first-order valence-corrected chi connectivity index (χ1v) is 5.33. The van der Waals surface area contributed by atoms with Crippen molar-refractivity contribution in [1.82, 2.24) is 9.97 Å². The van der Waals surface area contributed by atoms with Gasteiger partial charge < -0.3 is 15.6 Å². The van der Waals surface area contributed by atoms with E-state index in [4.69, 9.17) is 5.73 Å². The molecule has 2 aromatic rings. The summed E-state index contributed by atoms with van der Waals surface area (Å²) in [5.41, 5.74) is 8.85. The normalized spacial score (nSPS) is 16.4. The summed E-state index contributed by atoms with van der Waals surface area (Å²) in [7, 11) is 0. The number of rotatable bonds is 1. The minimum absolute atomic E-state index is 0.489. The van der Waals surface area contributed by atoms with Crippen LogP contribution in [0.1, 0.15) is 12.8 Å². The number of hydrogen-bond donors (Lipinski definition) is 2. The summed E-state index contributed by atoms with van der Waals surface area (Å²) in [5.74, 6) is 0.489. The first-order chi connectivity index (χ1) is 7.33. The van der Waals surface area contributed by atoms with Gasteiger partial charge in [-0.05, 0) is 31.0 Å². The zero-order chi connectivity index (χ0) is 10.3.